The van der Waals surface area contributed by atoms with Gasteiger partial charge in [-0.25, -0.2) is 4.79 Å². The molecule has 0 aliphatic carbocycles. The molecule has 3 amide bonds. The Balaban J connectivity index is 2.27. The van der Waals surface area contributed by atoms with E-state index < -0.39 is 0 Å². The molecule has 0 atom stereocenters. The zero-order valence-electron chi connectivity index (χ0n) is 7.65. The third-order valence-electron chi connectivity index (χ3n) is 2.00. The number of anilines is 1. The highest BCUT2D eigenvalue weighted by atomic mass is 16.2. The first-order valence-corrected chi connectivity index (χ1v) is 4.21. The van der Waals surface area contributed by atoms with Crippen LogP contribution in [-0.4, -0.2) is 23.5 Å². The van der Waals surface area contributed by atoms with Crippen LogP contribution in [0.5, 0.6) is 0 Å². The number of hydrogen-bond donors (Lipinski definition) is 1. The first kappa shape index (κ1) is 8.68. The van der Waals surface area contributed by atoms with Gasteiger partial charge in [0.05, 0.1) is 11.9 Å². The Morgan fingerprint density at radius 1 is 1.43 bits per heavy atom. The Labute approximate surface area is 80.7 Å². The van der Waals surface area contributed by atoms with Gasteiger partial charge in [0.1, 0.15) is 6.54 Å². The highest BCUT2D eigenvalue weighted by Gasteiger charge is 2.27. The van der Waals surface area contributed by atoms with E-state index in [4.69, 9.17) is 0 Å². The smallest absolute Gasteiger partial charge is 0.283 e. The van der Waals surface area contributed by atoms with Crippen LogP contribution in [0.25, 0.3) is 0 Å². The molecule has 1 fully saturated rings. The number of pyridine rings is 1. The molecule has 2 heterocycles. The van der Waals surface area contributed by atoms with Crippen LogP contribution in [0.2, 0.25) is 0 Å². The summed E-state index contributed by atoms with van der Waals surface area (Å²) in [7, 11) is 0. The number of carbonyl (C=O) groups excluding carboxylic acids is 2. The number of aromatic nitrogens is 1. The third kappa shape index (κ3) is 1.44. The summed E-state index contributed by atoms with van der Waals surface area (Å²) < 4.78 is 0. The predicted molar refractivity (Wildman–Crippen MR) is 49.9 cm³/mol. The minimum atomic E-state index is -0.388. The van der Waals surface area contributed by atoms with Crippen molar-refractivity contribution >= 4 is 17.6 Å². The number of urea groups is 1. The summed E-state index contributed by atoms with van der Waals surface area (Å²) in [5, 5.41) is 2.20. The maximum Gasteiger partial charge on any atom is 0.329 e. The predicted octanol–water partition coefficient (Wildman–Crippen LogP) is 0.446. The van der Waals surface area contributed by atoms with E-state index in [1.165, 1.54) is 4.90 Å². The molecule has 0 bridgehead atoms. The highest BCUT2D eigenvalue weighted by Crippen LogP contribution is 2.15. The van der Waals surface area contributed by atoms with Gasteiger partial charge in [-0.1, -0.05) is 0 Å². The van der Waals surface area contributed by atoms with Crippen LogP contribution in [0.1, 0.15) is 5.69 Å². The Bertz CT molecular complexity index is 386. The minimum absolute atomic E-state index is 0.0730. The van der Waals surface area contributed by atoms with Gasteiger partial charge in [-0.3, -0.25) is 20.0 Å². The van der Waals surface area contributed by atoms with Gasteiger partial charge >= 0.3 is 6.03 Å². The van der Waals surface area contributed by atoms with Crippen LogP contribution in [0.15, 0.2) is 18.3 Å². The molecule has 5 heteroatoms. The van der Waals surface area contributed by atoms with E-state index in [1.54, 1.807) is 18.3 Å². The van der Waals surface area contributed by atoms with Crippen LogP contribution >= 0.6 is 0 Å². The number of nitrogens with one attached hydrogen (secondary N) is 1. The highest BCUT2D eigenvalue weighted by molar-refractivity contribution is 6.12. The van der Waals surface area contributed by atoms with E-state index in [-0.39, 0.29) is 18.5 Å². The summed E-state index contributed by atoms with van der Waals surface area (Å²) >= 11 is 0. The molecule has 1 N–H and O–H groups in total. The molecule has 0 unspecified atom stereocenters. The lowest BCUT2D eigenvalue weighted by molar-refractivity contribution is -0.117. The molecule has 2 rings (SSSR count). The van der Waals surface area contributed by atoms with Crippen molar-refractivity contribution in [2.75, 3.05) is 11.4 Å². The summed E-state index contributed by atoms with van der Waals surface area (Å²) in [6, 6.07) is 3.17. The van der Waals surface area contributed by atoms with Crippen LogP contribution in [0.4, 0.5) is 10.5 Å². The van der Waals surface area contributed by atoms with E-state index in [9.17, 15) is 9.59 Å². The number of hydrogen-bond acceptors (Lipinski definition) is 3. The molecular formula is C9H9N3O2. The Morgan fingerprint density at radius 2 is 2.21 bits per heavy atom. The summed E-state index contributed by atoms with van der Waals surface area (Å²) in [6.45, 7) is 1.93. The van der Waals surface area contributed by atoms with Crippen molar-refractivity contribution < 1.29 is 9.59 Å². The zero-order chi connectivity index (χ0) is 10.1. The summed E-state index contributed by atoms with van der Waals surface area (Å²) in [5.41, 5.74) is 1.51. The summed E-state index contributed by atoms with van der Waals surface area (Å²) in [4.78, 5) is 27.6. The quantitative estimate of drug-likeness (QED) is 0.655. The average Bonchev–Trinajstić information content (AvgIpc) is 2.47. The number of rotatable bonds is 1. The molecule has 1 aromatic rings. The molecular weight excluding hydrogens is 182 g/mol. The molecule has 5 nitrogen and oxygen atoms in total. The lowest BCUT2D eigenvalue weighted by Gasteiger charge is -2.12. The van der Waals surface area contributed by atoms with Gasteiger partial charge in [-0.15, -0.1) is 0 Å². The van der Waals surface area contributed by atoms with Crippen LogP contribution < -0.4 is 10.2 Å². The second-order valence-electron chi connectivity index (χ2n) is 3.10. The van der Waals surface area contributed by atoms with E-state index in [0.29, 0.717) is 5.69 Å². The lowest BCUT2D eigenvalue weighted by Crippen LogP contribution is -2.27. The van der Waals surface area contributed by atoms with Crippen molar-refractivity contribution in [2.24, 2.45) is 0 Å². The molecule has 1 aliphatic heterocycles. The standard InChI is InChI=1S/C9H9N3O2/c1-6-2-3-7(4-10-6)12-5-8(13)11-9(12)14/h2-4H,5H2,1H3,(H,11,13,14). The molecule has 0 radical (unpaired) electrons. The van der Waals surface area contributed by atoms with Crippen LogP contribution in [-0.2, 0) is 4.79 Å². The molecule has 0 spiro atoms. The second-order valence-corrected chi connectivity index (χ2v) is 3.10. The van der Waals surface area contributed by atoms with Gasteiger partial charge in [0.15, 0.2) is 0 Å². The van der Waals surface area contributed by atoms with E-state index >= 15 is 0 Å². The van der Waals surface area contributed by atoms with E-state index in [2.05, 4.69) is 10.3 Å². The number of imide groups is 1. The molecule has 0 saturated carbocycles. The van der Waals surface area contributed by atoms with Crippen molar-refractivity contribution in [1.82, 2.24) is 10.3 Å². The maximum atomic E-state index is 11.2. The van der Waals surface area contributed by atoms with Crippen molar-refractivity contribution in [1.29, 1.82) is 0 Å². The SMILES string of the molecule is Cc1ccc(N2CC(=O)NC2=O)cn1. The van der Waals surface area contributed by atoms with E-state index in [0.717, 1.165) is 5.69 Å². The second kappa shape index (κ2) is 3.10. The van der Waals surface area contributed by atoms with Gasteiger partial charge in [0, 0.05) is 5.69 Å². The molecule has 1 aromatic heterocycles. The van der Waals surface area contributed by atoms with Crippen molar-refractivity contribution in [3.8, 4) is 0 Å². The van der Waals surface area contributed by atoms with Gasteiger partial charge < -0.3 is 0 Å². The monoisotopic (exact) mass is 191 g/mol. The first-order chi connectivity index (χ1) is 6.66. The van der Waals surface area contributed by atoms with E-state index in [1.807, 2.05) is 6.92 Å². The Kier molecular flexibility index (Phi) is 1.92. The summed E-state index contributed by atoms with van der Waals surface area (Å²) in [6.07, 6.45) is 1.58. The van der Waals surface area contributed by atoms with Crippen molar-refractivity contribution in [3.63, 3.8) is 0 Å². The number of carbonyl (C=O) groups is 2. The lowest BCUT2D eigenvalue weighted by atomic mass is 10.3. The minimum Gasteiger partial charge on any atom is -0.283 e. The third-order valence-corrected chi connectivity index (χ3v) is 2.00. The van der Waals surface area contributed by atoms with Gasteiger partial charge in [0.25, 0.3) is 0 Å². The van der Waals surface area contributed by atoms with Crippen LogP contribution in [0, 0.1) is 6.92 Å². The Morgan fingerprint density at radius 3 is 2.71 bits per heavy atom. The molecule has 1 saturated heterocycles. The Hall–Kier alpha value is -1.91. The average molecular weight is 191 g/mol. The normalized spacial score (nSPS) is 15.9. The fourth-order valence-electron chi connectivity index (χ4n) is 1.27. The maximum absolute atomic E-state index is 11.2. The molecule has 72 valence electrons. The van der Waals surface area contributed by atoms with Crippen molar-refractivity contribution in [2.45, 2.75) is 6.92 Å². The van der Waals surface area contributed by atoms with Gasteiger partial charge in [-0.2, -0.15) is 0 Å². The number of aryl methyl sites for hydroxylation is 1. The van der Waals surface area contributed by atoms with Crippen LogP contribution in [0.3, 0.4) is 0 Å². The van der Waals surface area contributed by atoms with Crippen molar-refractivity contribution in [3.05, 3.63) is 24.0 Å². The molecule has 14 heavy (non-hydrogen) atoms. The fraction of sp³-hybridized carbons (Fsp3) is 0.222. The largest absolute Gasteiger partial charge is 0.329 e. The van der Waals surface area contributed by atoms with Gasteiger partial charge in [0.2, 0.25) is 5.91 Å². The number of amides is 3. The fourth-order valence-corrected chi connectivity index (χ4v) is 1.27. The zero-order valence-corrected chi connectivity index (χ0v) is 7.65. The topological polar surface area (TPSA) is 62.3 Å². The summed E-state index contributed by atoms with van der Waals surface area (Å²) in [5.74, 6) is -0.282. The molecule has 1 aliphatic rings. The number of nitrogens with zero attached hydrogens (tertiary/aromatic N) is 2. The van der Waals surface area contributed by atoms with Gasteiger partial charge in [-0.05, 0) is 19.1 Å². The molecule has 0 aromatic carbocycles. The first-order valence-electron chi connectivity index (χ1n) is 4.21.